The van der Waals surface area contributed by atoms with Crippen molar-refractivity contribution >= 4 is 110 Å². The zero-order valence-electron chi connectivity index (χ0n) is 17.5. The van der Waals surface area contributed by atoms with Crippen molar-refractivity contribution < 1.29 is 45.8 Å². The Kier molecular flexibility index (Phi) is 18.9. The van der Waals surface area contributed by atoms with Crippen molar-refractivity contribution in [3.8, 4) is 11.5 Å². The third-order valence-electron chi connectivity index (χ3n) is 3.71. The zero-order chi connectivity index (χ0) is 24.9. The molecule has 0 bridgehead atoms. The predicted molar refractivity (Wildman–Crippen MR) is 143 cm³/mol. The van der Waals surface area contributed by atoms with E-state index in [0.717, 1.165) is 8.95 Å². The first-order valence-corrected chi connectivity index (χ1v) is 16.5. The Hall–Kier alpha value is 0.555. The summed E-state index contributed by atoms with van der Waals surface area (Å²) < 4.78 is 52.4. The molecule has 35 heavy (non-hydrogen) atoms. The van der Waals surface area contributed by atoms with Crippen molar-refractivity contribution in [3.63, 3.8) is 0 Å². The van der Waals surface area contributed by atoms with Crippen LogP contribution in [0.25, 0.3) is 0 Å². The quantitative estimate of drug-likeness (QED) is 0.243. The minimum atomic E-state index is -9.19. The molecule has 0 amide bonds. The van der Waals surface area contributed by atoms with Crippen LogP contribution >= 0.6 is 77.2 Å². The maximum atomic E-state index is 10.1. The van der Waals surface area contributed by atoms with Gasteiger partial charge in [0.05, 0.1) is 21.0 Å². The summed E-state index contributed by atoms with van der Waals surface area (Å²) in [7, 11) is 0. The Bertz CT molecular complexity index is 960. The monoisotopic (exact) mass is 936 g/mol. The van der Waals surface area contributed by atoms with Gasteiger partial charge in [-0.1, -0.05) is 31.9 Å². The molecule has 0 aromatic heterocycles. The molecular formula is C18H18Br4CoF6N2O2SSb-. The van der Waals surface area contributed by atoms with Crippen molar-refractivity contribution in [2.75, 3.05) is 0 Å². The van der Waals surface area contributed by atoms with Gasteiger partial charge >= 0.3 is 34.4 Å². The van der Waals surface area contributed by atoms with Gasteiger partial charge in [0.1, 0.15) is 11.5 Å². The number of benzene rings is 2. The molecule has 0 unspecified atom stereocenters. The van der Waals surface area contributed by atoms with E-state index in [0.29, 0.717) is 20.1 Å². The van der Waals surface area contributed by atoms with E-state index >= 15 is 0 Å². The van der Waals surface area contributed by atoms with Crippen molar-refractivity contribution in [2.45, 2.75) is 25.9 Å². The Morgan fingerprint density at radius 2 is 1.00 bits per heavy atom. The molecule has 2 rings (SSSR count). The van der Waals surface area contributed by atoms with Gasteiger partial charge in [-0.15, -0.1) is 0 Å². The van der Waals surface area contributed by atoms with E-state index in [9.17, 15) is 24.3 Å². The average molecular weight is 941 g/mol. The molecule has 0 saturated carbocycles. The molecule has 0 spiro atoms. The van der Waals surface area contributed by atoms with E-state index in [4.69, 9.17) is 0 Å². The molecule has 0 aliphatic rings. The van der Waals surface area contributed by atoms with Crippen LogP contribution in [-0.2, 0) is 16.8 Å². The fourth-order valence-electron chi connectivity index (χ4n) is 2.01. The first kappa shape index (κ1) is 40.1. The van der Waals surface area contributed by atoms with Crippen LogP contribution < -0.4 is 4.70 Å². The number of hydrogen-bond donors (Lipinski definition) is 2. The summed E-state index contributed by atoms with van der Waals surface area (Å²) >= 11 is 4.21. The number of phenolic OH excluding ortho intramolecular Hbond substituents is 2. The number of hydrogen-bond acceptors (Lipinski definition) is 4. The van der Waals surface area contributed by atoms with E-state index in [1.165, 1.54) is 0 Å². The molecule has 0 saturated heterocycles. The third kappa shape index (κ3) is 16.9. The van der Waals surface area contributed by atoms with Crippen LogP contribution in [0.2, 0.25) is 0 Å². The molecule has 0 heterocycles. The van der Waals surface area contributed by atoms with Crippen LogP contribution in [0.1, 0.15) is 25.0 Å². The van der Waals surface area contributed by atoms with Gasteiger partial charge in [-0.25, -0.2) is 0 Å². The van der Waals surface area contributed by atoms with Gasteiger partial charge in [0.25, 0.3) is 0 Å². The van der Waals surface area contributed by atoms with Crippen LogP contribution in [0, 0.1) is 0 Å². The van der Waals surface area contributed by atoms with Crippen LogP contribution in [0.4, 0.5) is 14.1 Å². The summed E-state index contributed by atoms with van der Waals surface area (Å²) in [5.41, 5.74) is 1.23. The number of nitrogens with zero attached hydrogens (tertiary/aromatic N) is 2. The van der Waals surface area contributed by atoms with Crippen LogP contribution in [0.3, 0.4) is 0 Å². The Labute approximate surface area is 253 Å². The van der Waals surface area contributed by atoms with Gasteiger partial charge < -0.3 is 14.9 Å². The number of phenols is 2. The standard InChI is InChI=1S/C18H16Br4N2O2.Co.6FH.H2S.Sb/c1-9(23-7-11-3-13(19)5-15(21)17(11)25)10(2)24-8-12-4-14(20)6-16(22)18(12)26;;;;;;;;;/h3-10,25-26H,1-2H3;;6*1H;1H2;/q;;;;;;;;;+5/p-6/t9-,10-;;;;;;;;;/m0........./s1. The van der Waals surface area contributed by atoms with Crippen molar-refractivity contribution in [2.24, 2.45) is 9.98 Å². The molecular weight excluding hydrogens is 923 g/mol. The van der Waals surface area contributed by atoms with Crippen LogP contribution in [0.5, 0.6) is 11.5 Å². The van der Waals surface area contributed by atoms with E-state index in [1.807, 2.05) is 13.8 Å². The third-order valence-corrected chi connectivity index (χ3v) is 5.84. The molecule has 0 fully saturated rings. The van der Waals surface area contributed by atoms with E-state index in [1.54, 1.807) is 36.7 Å². The minimum absolute atomic E-state index is 0. The fraction of sp³-hybridized carbons (Fsp3) is 0.222. The summed E-state index contributed by atoms with van der Waals surface area (Å²) in [6.07, 6.45) is 3.27. The second-order valence-corrected chi connectivity index (χ2v) is 13.5. The number of halogens is 10. The number of aliphatic imine (C=N–C) groups is 2. The molecule has 0 aliphatic carbocycles. The second kappa shape index (κ2) is 16.5. The van der Waals surface area contributed by atoms with E-state index < -0.39 is 20.3 Å². The van der Waals surface area contributed by atoms with Crippen LogP contribution in [0.15, 0.2) is 52.1 Å². The number of aromatic hydroxyl groups is 2. The molecule has 2 atom stereocenters. The second-order valence-electron chi connectivity index (χ2n) is 6.33. The van der Waals surface area contributed by atoms with Gasteiger partial charge in [0, 0.05) is 49.3 Å². The average Bonchev–Trinajstić information content (AvgIpc) is 2.62. The predicted octanol–water partition coefficient (Wildman–Crippen LogP) is 5.30. The summed E-state index contributed by atoms with van der Waals surface area (Å²) in [5, 5.41) is 20.2. The van der Waals surface area contributed by atoms with Gasteiger partial charge in [-0.2, -0.15) is 13.5 Å². The Morgan fingerprint density at radius 1 is 0.743 bits per heavy atom. The molecule has 2 aromatic carbocycles. The first-order chi connectivity index (χ1) is 14.4. The van der Waals surface area contributed by atoms with Crippen molar-refractivity contribution in [3.05, 3.63) is 53.3 Å². The van der Waals surface area contributed by atoms with Gasteiger partial charge in [0.15, 0.2) is 0 Å². The van der Waals surface area contributed by atoms with Crippen LogP contribution in [-0.4, -0.2) is 55.0 Å². The molecule has 1 radical (unpaired) electrons. The van der Waals surface area contributed by atoms with E-state index in [2.05, 4.69) is 73.7 Å². The molecule has 2 aromatic rings. The normalized spacial score (nSPS) is 13.9. The molecule has 0 aliphatic heterocycles. The molecule has 203 valence electrons. The summed E-state index contributed by atoms with van der Waals surface area (Å²) in [6, 6.07) is 6.90. The summed E-state index contributed by atoms with van der Waals surface area (Å²) in [6.45, 7) is 3.89. The first-order valence-electron chi connectivity index (χ1n) is 8.46. The molecule has 4 nitrogen and oxygen atoms in total. The summed E-state index contributed by atoms with van der Waals surface area (Å²) in [5.74, 6) is 0.286. The fourth-order valence-corrected chi connectivity index (χ4v) is 4.53. The van der Waals surface area contributed by atoms with Gasteiger partial charge in [-0.3, -0.25) is 9.98 Å². The maximum absolute atomic E-state index is 10.1. The molecule has 17 heteroatoms. The van der Waals surface area contributed by atoms with Crippen molar-refractivity contribution in [1.82, 2.24) is 0 Å². The number of rotatable bonds is 5. The van der Waals surface area contributed by atoms with Gasteiger partial charge in [-0.05, 0) is 70.0 Å². The zero-order valence-corrected chi connectivity index (χ0v) is 28.4. The topological polar surface area (TPSA) is 65.2 Å². The summed E-state index contributed by atoms with van der Waals surface area (Å²) in [4.78, 5) is 8.97. The molecule has 2 N–H and O–H groups in total. The Morgan fingerprint density at radius 3 is 1.26 bits per heavy atom. The van der Waals surface area contributed by atoms with E-state index in [-0.39, 0.29) is 58.6 Å². The van der Waals surface area contributed by atoms with Crippen molar-refractivity contribution in [1.29, 1.82) is 0 Å². The Balaban J connectivity index is -0.00000102. The SMILES string of the molecule is C[C@H](N=Cc1cc(Br)cc(Br)c1O)[C@H](C)N=Cc1cc(Br)cc(Br)c1O.S.[Co].[F-].[F][Sb]([F])([F])([F])[F]. The van der Waals surface area contributed by atoms with Gasteiger partial charge in [0.2, 0.25) is 0 Å².